The van der Waals surface area contributed by atoms with Gasteiger partial charge in [-0.15, -0.1) is 0 Å². The highest BCUT2D eigenvalue weighted by atomic mass is 19.1. The third-order valence-corrected chi connectivity index (χ3v) is 4.30. The van der Waals surface area contributed by atoms with Gasteiger partial charge in [-0.1, -0.05) is 6.92 Å². The molecule has 0 spiro atoms. The molecule has 0 radical (unpaired) electrons. The third kappa shape index (κ3) is 4.76. The van der Waals surface area contributed by atoms with Crippen molar-refractivity contribution in [1.82, 2.24) is 4.57 Å². The van der Waals surface area contributed by atoms with Crippen molar-refractivity contribution in [2.24, 2.45) is 0 Å². The smallest absolute Gasteiger partial charge is 0.349 e. The number of rotatable bonds is 7. The molecule has 2 aromatic rings. The fraction of sp³-hybridized carbons (Fsp3) is 0.333. The van der Waals surface area contributed by atoms with Crippen molar-refractivity contribution in [1.29, 1.82) is 5.26 Å². The molecule has 6 heteroatoms. The molecule has 5 nitrogen and oxygen atoms in total. The van der Waals surface area contributed by atoms with Crippen LogP contribution >= 0.6 is 0 Å². The van der Waals surface area contributed by atoms with Crippen LogP contribution in [0, 0.1) is 31.0 Å². The monoisotopic (exact) mass is 370 g/mol. The molecule has 1 heterocycles. The van der Waals surface area contributed by atoms with E-state index in [4.69, 9.17) is 9.47 Å². The lowest BCUT2D eigenvalue weighted by molar-refractivity contribution is -0.139. The van der Waals surface area contributed by atoms with Gasteiger partial charge >= 0.3 is 5.97 Å². The first kappa shape index (κ1) is 20.2. The average Bonchev–Trinajstić information content (AvgIpc) is 2.92. The van der Waals surface area contributed by atoms with Gasteiger partial charge in [0.25, 0.3) is 0 Å². The molecule has 1 aromatic carbocycles. The molecule has 0 bridgehead atoms. The van der Waals surface area contributed by atoms with Gasteiger partial charge in [0.2, 0.25) is 0 Å². The summed E-state index contributed by atoms with van der Waals surface area (Å²) in [6.45, 7) is 6.71. The molecule has 0 atom stereocenters. The number of aromatic nitrogens is 1. The molecule has 27 heavy (non-hydrogen) atoms. The molecule has 1 aromatic heterocycles. The number of nitriles is 1. The molecule has 142 valence electrons. The summed E-state index contributed by atoms with van der Waals surface area (Å²) in [5.41, 5.74) is 3.14. The van der Waals surface area contributed by atoms with E-state index >= 15 is 0 Å². The van der Waals surface area contributed by atoms with Crippen LogP contribution in [0.15, 0.2) is 29.8 Å². The Balaban J connectivity index is 2.20. The van der Waals surface area contributed by atoms with E-state index in [0.717, 1.165) is 29.9 Å². The zero-order valence-electron chi connectivity index (χ0n) is 16.0. The van der Waals surface area contributed by atoms with Gasteiger partial charge in [0, 0.05) is 23.5 Å². The first-order valence-corrected chi connectivity index (χ1v) is 8.69. The summed E-state index contributed by atoms with van der Waals surface area (Å²) in [5.74, 6) is -0.805. The molecule has 0 N–H and O–H groups in total. The second kappa shape index (κ2) is 9.04. The molecule has 0 aliphatic rings. The van der Waals surface area contributed by atoms with Gasteiger partial charge in [-0.2, -0.15) is 5.26 Å². The Morgan fingerprint density at radius 1 is 1.33 bits per heavy atom. The maximum absolute atomic E-state index is 13.4. The summed E-state index contributed by atoms with van der Waals surface area (Å²) >= 11 is 0. The number of methoxy groups -OCH3 is 1. The summed E-state index contributed by atoms with van der Waals surface area (Å²) in [5, 5.41) is 9.36. The van der Waals surface area contributed by atoms with Gasteiger partial charge in [0.05, 0.1) is 7.11 Å². The molecular formula is C21H23FN2O3. The summed E-state index contributed by atoms with van der Waals surface area (Å²) < 4.78 is 25.9. The van der Waals surface area contributed by atoms with E-state index in [-0.39, 0.29) is 12.2 Å². The van der Waals surface area contributed by atoms with Crippen LogP contribution in [0.3, 0.4) is 0 Å². The van der Waals surface area contributed by atoms with Gasteiger partial charge in [-0.05, 0) is 56.2 Å². The lowest BCUT2D eigenvalue weighted by Gasteiger charge is -2.09. The van der Waals surface area contributed by atoms with Gasteiger partial charge in [0.15, 0.2) is 0 Å². The van der Waals surface area contributed by atoms with Crippen LogP contribution in [0.25, 0.3) is 6.08 Å². The van der Waals surface area contributed by atoms with Crippen molar-refractivity contribution >= 4 is 12.0 Å². The molecule has 0 saturated heterocycles. The predicted molar refractivity (Wildman–Crippen MR) is 101 cm³/mol. The number of ether oxygens (including phenoxy) is 2. The zero-order chi connectivity index (χ0) is 20.0. The van der Waals surface area contributed by atoms with Gasteiger partial charge < -0.3 is 14.0 Å². The molecule has 0 fully saturated rings. The highest BCUT2D eigenvalue weighted by Crippen LogP contribution is 2.22. The number of hydrogen-bond acceptors (Lipinski definition) is 4. The van der Waals surface area contributed by atoms with Gasteiger partial charge in [-0.25, -0.2) is 9.18 Å². The first-order valence-electron chi connectivity index (χ1n) is 8.69. The van der Waals surface area contributed by atoms with E-state index in [1.807, 2.05) is 26.0 Å². The van der Waals surface area contributed by atoms with Crippen molar-refractivity contribution in [2.75, 3.05) is 7.11 Å². The fourth-order valence-corrected chi connectivity index (χ4v) is 2.91. The van der Waals surface area contributed by atoms with Crippen molar-refractivity contribution in [3.05, 3.63) is 58.2 Å². The Morgan fingerprint density at radius 2 is 2.07 bits per heavy atom. The number of esters is 1. The number of hydrogen-bond donors (Lipinski definition) is 0. The second-order valence-corrected chi connectivity index (χ2v) is 6.18. The predicted octanol–water partition coefficient (Wildman–Crippen LogP) is 4.31. The van der Waals surface area contributed by atoms with Crippen molar-refractivity contribution < 1.29 is 18.7 Å². The Bertz CT molecular complexity index is 907. The number of halogens is 1. The SMILES string of the molecule is CCCn1c(C)cc(/C=C(\C#N)C(=O)OCc2cc(F)ccc2OC)c1C. The topological polar surface area (TPSA) is 64.2 Å². The van der Waals surface area contributed by atoms with Crippen LogP contribution in [-0.2, 0) is 22.7 Å². The second-order valence-electron chi connectivity index (χ2n) is 6.18. The maximum atomic E-state index is 13.4. The molecule has 2 rings (SSSR count). The van der Waals surface area contributed by atoms with Crippen LogP contribution in [0.2, 0.25) is 0 Å². The fourth-order valence-electron chi connectivity index (χ4n) is 2.91. The maximum Gasteiger partial charge on any atom is 0.349 e. The highest BCUT2D eigenvalue weighted by Gasteiger charge is 2.15. The number of aryl methyl sites for hydroxylation is 1. The molecule has 0 saturated carbocycles. The summed E-state index contributed by atoms with van der Waals surface area (Å²) in [7, 11) is 1.45. The third-order valence-electron chi connectivity index (χ3n) is 4.30. The summed E-state index contributed by atoms with van der Waals surface area (Å²) in [6.07, 6.45) is 2.52. The zero-order valence-corrected chi connectivity index (χ0v) is 16.0. The van der Waals surface area contributed by atoms with E-state index in [1.165, 1.54) is 31.4 Å². The van der Waals surface area contributed by atoms with Crippen molar-refractivity contribution in [3.63, 3.8) is 0 Å². The molecule has 0 unspecified atom stereocenters. The minimum Gasteiger partial charge on any atom is -0.496 e. The lowest BCUT2D eigenvalue weighted by atomic mass is 10.1. The van der Waals surface area contributed by atoms with Crippen molar-refractivity contribution in [3.8, 4) is 11.8 Å². The molecular weight excluding hydrogens is 347 g/mol. The standard InChI is InChI=1S/C21H23FN2O3/c1-5-8-24-14(2)9-16(15(24)3)10-17(12-23)21(25)27-13-18-11-19(22)6-7-20(18)26-4/h6-7,9-11H,5,8,13H2,1-4H3/b17-10+. The average molecular weight is 370 g/mol. The minimum atomic E-state index is -0.760. The molecule has 0 aliphatic carbocycles. The Kier molecular flexibility index (Phi) is 6.78. The lowest BCUT2D eigenvalue weighted by Crippen LogP contribution is -2.08. The summed E-state index contributed by atoms with van der Waals surface area (Å²) in [6, 6.07) is 7.78. The van der Waals surface area contributed by atoms with E-state index in [2.05, 4.69) is 11.5 Å². The Morgan fingerprint density at radius 3 is 2.70 bits per heavy atom. The van der Waals surface area contributed by atoms with E-state index < -0.39 is 11.8 Å². The first-order chi connectivity index (χ1) is 12.9. The van der Waals surface area contributed by atoms with E-state index in [0.29, 0.717) is 11.3 Å². The largest absolute Gasteiger partial charge is 0.496 e. The number of nitrogens with zero attached hydrogens (tertiary/aromatic N) is 2. The Labute approximate surface area is 158 Å². The minimum absolute atomic E-state index is 0.109. The van der Waals surface area contributed by atoms with Crippen LogP contribution in [-0.4, -0.2) is 17.6 Å². The number of carbonyl (C=O) groups excluding carboxylic acids is 1. The van der Waals surface area contributed by atoms with Crippen LogP contribution in [0.5, 0.6) is 5.75 Å². The van der Waals surface area contributed by atoms with E-state index in [9.17, 15) is 14.4 Å². The van der Waals surface area contributed by atoms with Crippen LogP contribution in [0.1, 0.15) is 35.9 Å². The Hall–Kier alpha value is -3.07. The van der Waals surface area contributed by atoms with Gasteiger partial charge in [-0.3, -0.25) is 0 Å². The molecule has 0 amide bonds. The van der Waals surface area contributed by atoms with Crippen molar-refractivity contribution in [2.45, 2.75) is 40.3 Å². The van der Waals surface area contributed by atoms with Gasteiger partial charge in [0.1, 0.15) is 29.8 Å². The molecule has 0 aliphatic heterocycles. The summed E-state index contributed by atoms with van der Waals surface area (Å²) in [4.78, 5) is 12.3. The van der Waals surface area contributed by atoms with Crippen LogP contribution in [0.4, 0.5) is 4.39 Å². The normalized spacial score (nSPS) is 11.2. The quantitative estimate of drug-likeness (QED) is 0.414. The van der Waals surface area contributed by atoms with Crippen LogP contribution < -0.4 is 4.74 Å². The van der Waals surface area contributed by atoms with E-state index in [1.54, 1.807) is 0 Å². The number of carbonyl (C=O) groups is 1. The number of benzene rings is 1. The highest BCUT2D eigenvalue weighted by molar-refractivity contribution is 5.98.